The van der Waals surface area contributed by atoms with E-state index in [0.29, 0.717) is 18.9 Å². The van der Waals surface area contributed by atoms with Crippen molar-refractivity contribution in [1.29, 1.82) is 0 Å². The van der Waals surface area contributed by atoms with E-state index in [1.54, 1.807) is 0 Å². The zero-order chi connectivity index (χ0) is 33.4. The first-order chi connectivity index (χ1) is 22.7. The van der Waals surface area contributed by atoms with E-state index in [-0.39, 0.29) is 5.97 Å². The molecule has 2 nitrogen and oxygen atoms in total. The highest BCUT2D eigenvalue weighted by Crippen LogP contribution is 2.20. The van der Waals surface area contributed by atoms with Crippen LogP contribution in [0.1, 0.15) is 265 Å². The first-order valence-electron chi connectivity index (χ1n) is 21.9. The number of carbonyl (C=O) groups excluding carboxylic acids is 1. The third-order valence-electron chi connectivity index (χ3n) is 10.4. The highest BCUT2D eigenvalue weighted by molar-refractivity contribution is 5.69. The number of esters is 1. The van der Waals surface area contributed by atoms with E-state index < -0.39 is 0 Å². The Bertz CT molecular complexity index is 558. The van der Waals surface area contributed by atoms with E-state index in [4.69, 9.17) is 4.74 Å². The van der Waals surface area contributed by atoms with Gasteiger partial charge in [-0.1, -0.05) is 239 Å². The van der Waals surface area contributed by atoms with Gasteiger partial charge in [0.25, 0.3) is 0 Å². The van der Waals surface area contributed by atoms with Crippen molar-refractivity contribution in [3.8, 4) is 0 Å². The van der Waals surface area contributed by atoms with Gasteiger partial charge in [0.2, 0.25) is 0 Å². The zero-order valence-corrected chi connectivity index (χ0v) is 32.5. The molecule has 0 bridgehead atoms. The predicted octanol–water partition coefficient (Wildman–Crippen LogP) is 16.0. The molecule has 0 fully saturated rings. The fourth-order valence-electron chi connectivity index (χ4n) is 7.06. The first kappa shape index (κ1) is 45.5. The Kier molecular flexibility index (Phi) is 40.2. The number of unbranched alkanes of at least 4 members (excludes halogenated alkanes) is 32. The lowest BCUT2D eigenvalue weighted by molar-refractivity contribution is -0.145. The minimum Gasteiger partial charge on any atom is -0.465 e. The van der Waals surface area contributed by atoms with E-state index in [1.165, 1.54) is 231 Å². The van der Waals surface area contributed by atoms with Crippen LogP contribution in [-0.2, 0) is 9.53 Å². The number of hydrogen-bond donors (Lipinski definition) is 0. The van der Waals surface area contributed by atoms with Gasteiger partial charge in [-0.25, -0.2) is 0 Å². The Hall–Kier alpha value is -0.530. The van der Waals surface area contributed by atoms with E-state index in [2.05, 4.69) is 20.8 Å². The van der Waals surface area contributed by atoms with Gasteiger partial charge >= 0.3 is 5.97 Å². The molecule has 1 unspecified atom stereocenters. The van der Waals surface area contributed by atoms with Crippen molar-refractivity contribution in [1.82, 2.24) is 0 Å². The van der Waals surface area contributed by atoms with E-state index in [9.17, 15) is 4.79 Å². The molecule has 0 heterocycles. The van der Waals surface area contributed by atoms with Gasteiger partial charge in [0.15, 0.2) is 0 Å². The summed E-state index contributed by atoms with van der Waals surface area (Å²) in [5, 5.41) is 0. The van der Waals surface area contributed by atoms with Crippen LogP contribution in [0.2, 0.25) is 0 Å². The monoisotopic (exact) mass is 649 g/mol. The summed E-state index contributed by atoms with van der Waals surface area (Å²) in [4.78, 5) is 12.4. The summed E-state index contributed by atoms with van der Waals surface area (Å²) < 4.78 is 5.77. The molecule has 0 aliphatic carbocycles. The van der Waals surface area contributed by atoms with Gasteiger partial charge in [-0.15, -0.1) is 0 Å². The maximum absolute atomic E-state index is 12.4. The van der Waals surface area contributed by atoms with Gasteiger partial charge in [0.05, 0.1) is 6.61 Å². The van der Waals surface area contributed by atoms with Crippen LogP contribution in [0.15, 0.2) is 0 Å². The lowest BCUT2D eigenvalue weighted by atomic mass is 9.95. The first-order valence-corrected chi connectivity index (χ1v) is 21.9. The Morgan fingerprint density at radius 2 is 0.609 bits per heavy atom. The predicted molar refractivity (Wildman–Crippen MR) is 207 cm³/mol. The van der Waals surface area contributed by atoms with Crippen molar-refractivity contribution in [2.45, 2.75) is 265 Å². The molecule has 0 saturated heterocycles. The van der Waals surface area contributed by atoms with Crippen LogP contribution >= 0.6 is 0 Å². The second-order valence-corrected chi connectivity index (χ2v) is 15.2. The average Bonchev–Trinajstić information content (AvgIpc) is 3.06. The lowest BCUT2D eigenvalue weighted by Gasteiger charge is -2.17. The summed E-state index contributed by atoms with van der Waals surface area (Å²) in [5.74, 6) is 0.626. The highest BCUT2D eigenvalue weighted by Gasteiger charge is 2.12. The maximum Gasteiger partial charge on any atom is 0.305 e. The third-order valence-corrected chi connectivity index (χ3v) is 10.4. The summed E-state index contributed by atoms with van der Waals surface area (Å²) in [6, 6.07) is 0. The van der Waals surface area contributed by atoms with E-state index >= 15 is 0 Å². The Morgan fingerprint density at radius 1 is 0.348 bits per heavy atom. The van der Waals surface area contributed by atoms with Gasteiger partial charge in [-0.2, -0.15) is 0 Å². The van der Waals surface area contributed by atoms with Crippen molar-refractivity contribution in [3.05, 3.63) is 0 Å². The van der Waals surface area contributed by atoms with Crippen LogP contribution in [0.4, 0.5) is 0 Å². The normalized spacial score (nSPS) is 12.2. The highest BCUT2D eigenvalue weighted by atomic mass is 16.5. The van der Waals surface area contributed by atoms with Crippen molar-refractivity contribution < 1.29 is 9.53 Å². The van der Waals surface area contributed by atoms with Crippen molar-refractivity contribution in [3.63, 3.8) is 0 Å². The van der Waals surface area contributed by atoms with Crippen LogP contribution in [-0.4, -0.2) is 12.6 Å². The van der Waals surface area contributed by atoms with Gasteiger partial charge in [0, 0.05) is 6.42 Å². The van der Waals surface area contributed by atoms with Crippen LogP contribution in [0.25, 0.3) is 0 Å². The van der Waals surface area contributed by atoms with Crippen LogP contribution in [0.5, 0.6) is 0 Å². The molecule has 0 radical (unpaired) electrons. The van der Waals surface area contributed by atoms with Gasteiger partial charge in [-0.3, -0.25) is 4.79 Å². The molecule has 2 heteroatoms. The molecular formula is C44H88O2. The number of rotatable bonds is 40. The number of ether oxygens (including phenoxy) is 1. The molecule has 0 aromatic carbocycles. The minimum absolute atomic E-state index is 0.0504. The van der Waals surface area contributed by atoms with Gasteiger partial charge in [0.1, 0.15) is 0 Å². The summed E-state index contributed by atoms with van der Waals surface area (Å²) >= 11 is 0. The molecule has 0 rings (SSSR count). The van der Waals surface area contributed by atoms with E-state index in [1.807, 2.05) is 0 Å². The topological polar surface area (TPSA) is 26.3 Å². The summed E-state index contributed by atoms with van der Waals surface area (Å²) in [5.41, 5.74) is 0. The van der Waals surface area contributed by atoms with Gasteiger partial charge < -0.3 is 4.74 Å². The second-order valence-electron chi connectivity index (χ2n) is 15.2. The quantitative estimate of drug-likeness (QED) is 0.0488. The van der Waals surface area contributed by atoms with Crippen molar-refractivity contribution in [2.75, 3.05) is 6.61 Å². The molecular weight excluding hydrogens is 560 g/mol. The number of carbonyl (C=O) groups is 1. The molecule has 276 valence electrons. The summed E-state index contributed by atoms with van der Waals surface area (Å²) in [6.07, 6.45) is 51.7. The van der Waals surface area contributed by atoms with Crippen molar-refractivity contribution >= 4 is 5.97 Å². The fraction of sp³-hybridized carbons (Fsp3) is 0.977. The molecule has 0 saturated carbocycles. The van der Waals surface area contributed by atoms with Crippen LogP contribution in [0.3, 0.4) is 0 Å². The molecule has 0 aromatic rings. The van der Waals surface area contributed by atoms with Crippen LogP contribution in [0, 0.1) is 5.92 Å². The molecule has 1 atom stereocenters. The Labute approximate surface area is 292 Å². The third kappa shape index (κ3) is 37.9. The standard InChI is InChI=1S/C44H88O2/c1-4-7-10-12-14-16-18-20-22-23-24-25-26-28-30-32-34-36-38-41-44(45)46-42-43(39-9-6-3)40-37-35-33-31-29-27-21-19-17-15-13-11-8-5-2/h43H,4-42H2,1-3H3. The molecule has 0 aliphatic rings. The summed E-state index contributed by atoms with van der Waals surface area (Å²) in [6.45, 7) is 7.53. The van der Waals surface area contributed by atoms with E-state index in [0.717, 1.165) is 6.42 Å². The minimum atomic E-state index is 0.0504. The van der Waals surface area contributed by atoms with Crippen LogP contribution < -0.4 is 0 Å². The van der Waals surface area contributed by atoms with Gasteiger partial charge in [-0.05, 0) is 25.2 Å². The Morgan fingerprint density at radius 3 is 0.935 bits per heavy atom. The SMILES string of the molecule is CCCCCCCCCCCCCCCCCCCCCC(=O)OCC(CCCC)CCCCCCCCCCCCCCCC. The average molecular weight is 649 g/mol. The largest absolute Gasteiger partial charge is 0.465 e. The maximum atomic E-state index is 12.4. The smallest absolute Gasteiger partial charge is 0.305 e. The molecule has 46 heavy (non-hydrogen) atoms. The lowest BCUT2D eigenvalue weighted by Crippen LogP contribution is -2.14. The Balaban J connectivity index is 3.53. The molecule has 0 amide bonds. The molecule has 0 N–H and O–H groups in total. The number of hydrogen-bond acceptors (Lipinski definition) is 2. The zero-order valence-electron chi connectivity index (χ0n) is 32.5. The fourth-order valence-corrected chi connectivity index (χ4v) is 7.06. The molecule has 0 spiro atoms. The van der Waals surface area contributed by atoms with Crippen molar-refractivity contribution in [2.24, 2.45) is 5.92 Å². The molecule has 0 aromatic heterocycles. The second kappa shape index (κ2) is 40.6. The molecule has 0 aliphatic heterocycles. The summed E-state index contributed by atoms with van der Waals surface area (Å²) in [7, 11) is 0.